The highest BCUT2D eigenvalue weighted by molar-refractivity contribution is 5.85. The lowest BCUT2D eigenvalue weighted by Gasteiger charge is -2.36. The molecule has 3 atom stereocenters. The van der Waals surface area contributed by atoms with Gasteiger partial charge in [0.1, 0.15) is 11.5 Å². The standard InChI is InChI=1S/C19H31N3O3.ClH/c1-5-13(2)18(20)19(23)22-8-6-7-14(12-22)21-15-9-16(24-3)11-17(10-15)25-4;/h9-11,13-14,18,21H,5-8,12,20H2,1-4H3;1H. The molecule has 3 unspecified atom stereocenters. The average molecular weight is 386 g/mol. The fourth-order valence-corrected chi connectivity index (χ4v) is 3.13. The van der Waals surface area contributed by atoms with E-state index in [1.165, 1.54) is 0 Å². The number of anilines is 1. The van der Waals surface area contributed by atoms with E-state index < -0.39 is 6.04 Å². The molecule has 1 aliphatic heterocycles. The molecule has 0 aliphatic carbocycles. The van der Waals surface area contributed by atoms with Crippen molar-refractivity contribution in [2.75, 3.05) is 32.6 Å². The molecular weight excluding hydrogens is 354 g/mol. The Morgan fingerprint density at radius 3 is 2.46 bits per heavy atom. The van der Waals surface area contributed by atoms with E-state index in [0.717, 1.165) is 43.0 Å². The Kier molecular flexibility index (Phi) is 9.02. The topological polar surface area (TPSA) is 76.8 Å². The third-order valence-electron chi connectivity index (χ3n) is 5.00. The van der Waals surface area contributed by atoms with Crippen molar-refractivity contribution in [3.8, 4) is 11.5 Å². The van der Waals surface area contributed by atoms with Crippen LogP contribution in [-0.4, -0.2) is 50.2 Å². The summed E-state index contributed by atoms with van der Waals surface area (Å²) in [6, 6.07) is 5.49. The van der Waals surface area contributed by atoms with Gasteiger partial charge in [-0.3, -0.25) is 4.79 Å². The van der Waals surface area contributed by atoms with Gasteiger partial charge in [0, 0.05) is 43.0 Å². The summed E-state index contributed by atoms with van der Waals surface area (Å²) in [5.74, 6) is 1.74. The minimum atomic E-state index is -0.416. The van der Waals surface area contributed by atoms with Crippen LogP contribution in [0, 0.1) is 5.92 Å². The van der Waals surface area contributed by atoms with Gasteiger partial charge in [-0.2, -0.15) is 0 Å². The molecule has 2 rings (SSSR count). The molecule has 0 radical (unpaired) electrons. The smallest absolute Gasteiger partial charge is 0.239 e. The molecule has 0 aromatic heterocycles. The van der Waals surface area contributed by atoms with Crippen molar-refractivity contribution in [2.24, 2.45) is 11.7 Å². The van der Waals surface area contributed by atoms with Crippen molar-refractivity contribution in [1.29, 1.82) is 0 Å². The number of methoxy groups -OCH3 is 2. The van der Waals surface area contributed by atoms with Crippen molar-refractivity contribution >= 4 is 24.0 Å². The number of nitrogens with zero attached hydrogens (tertiary/aromatic N) is 1. The maximum Gasteiger partial charge on any atom is 0.239 e. The average Bonchev–Trinajstić information content (AvgIpc) is 2.65. The van der Waals surface area contributed by atoms with E-state index in [-0.39, 0.29) is 30.3 Å². The van der Waals surface area contributed by atoms with Crippen LogP contribution in [0.1, 0.15) is 33.1 Å². The van der Waals surface area contributed by atoms with Crippen LogP contribution < -0.4 is 20.5 Å². The number of nitrogens with one attached hydrogen (secondary N) is 1. The fourth-order valence-electron chi connectivity index (χ4n) is 3.13. The lowest BCUT2D eigenvalue weighted by molar-refractivity contribution is -0.134. The summed E-state index contributed by atoms with van der Waals surface area (Å²) >= 11 is 0. The molecule has 1 fully saturated rings. The zero-order valence-corrected chi connectivity index (χ0v) is 17.0. The maximum atomic E-state index is 12.6. The third kappa shape index (κ3) is 5.68. The number of hydrogen-bond acceptors (Lipinski definition) is 5. The van der Waals surface area contributed by atoms with E-state index in [4.69, 9.17) is 15.2 Å². The second-order valence-electron chi connectivity index (χ2n) is 6.78. The molecular formula is C19H32ClN3O3. The van der Waals surface area contributed by atoms with E-state index >= 15 is 0 Å². The number of carbonyl (C=O) groups excluding carboxylic acids is 1. The zero-order chi connectivity index (χ0) is 18.4. The molecule has 26 heavy (non-hydrogen) atoms. The van der Waals surface area contributed by atoms with Crippen molar-refractivity contribution in [3.05, 3.63) is 18.2 Å². The molecule has 3 N–H and O–H groups in total. The van der Waals surface area contributed by atoms with Crippen molar-refractivity contribution in [3.63, 3.8) is 0 Å². The van der Waals surface area contributed by atoms with E-state index in [0.29, 0.717) is 6.54 Å². The monoisotopic (exact) mass is 385 g/mol. The van der Waals surface area contributed by atoms with Gasteiger partial charge in [-0.15, -0.1) is 12.4 Å². The molecule has 7 heteroatoms. The van der Waals surface area contributed by atoms with Crippen LogP contribution in [0.5, 0.6) is 11.5 Å². The molecule has 1 heterocycles. The second-order valence-corrected chi connectivity index (χ2v) is 6.78. The van der Waals surface area contributed by atoms with Gasteiger partial charge in [-0.1, -0.05) is 20.3 Å². The van der Waals surface area contributed by atoms with Gasteiger partial charge >= 0.3 is 0 Å². The lowest BCUT2D eigenvalue weighted by atomic mass is 9.97. The van der Waals surface area contributed by atoms with Crippen LogP contribution in [0.25, 0.3) is 0 Å². The van der Waals surface area contributed by atoms with Crippen molar-refractivity contribution < 1.29 is 14.3 Å². The van der Waals surface area contributed by atoms with Gasteiger partial charge in [0.15, 0.2) is 0 Å². The number of hydrogen-bond donors (Lipinski definition) is 2. The quantitative estimate of drug-likeness (QED) is 0.754. The minimum absolute atomic E-state index is 0. The van der Waals surface area contributed by atoms with E-state index in [1.54, 1.807) is 14.2 Å². The van der Waals surface area contributed by atoms with Crippen LogP contribution in [0.4, 0.5) is 5.69 Å². The number of amides is 1. The van der Waals surface area contributed by atoms with E-state index in [1.807, 2.05) is 30.0 Å². The molecule has 1 saturated heterocycles. The summed E-state index contributed by atoms with van der Waals surface area (Å²) in [4.78, 5) is 14.5. The first-order chi connectivity index (χ1) is 12.0. The van der Waals surface area contributed by atoms with Gasteiger partial charge in [0.05, 0.1) is 20.3 Å². The van der Waals surface area contributed by atoms with Gasteiger partial charge in [-0.05, 0) is 18.8 Å². The van der Waals surface area contributed by atoms with E-state index in [9.17, 15) is 4.79 Å². The van der Waals surface area contributed by atoms with Gasteiger partial charge in [-0.25, -0.2) is 0 Å². The molecule has 1 aromatic rings. The largest absolute Gasteiger partial charge is 0.497 e. The third-order valence-corrected chi connectivity index (χ3v) is 5.00. The van der Waals surface area contributed by atoms with Crippen LogP contribution in [-0.2, 0) is 4.79 Å². The number of ether oxygens (including phenoxy) is 2. The molecule has 6 nitrogen and oxygen atoms in total. The molecule has 148 valence electrons. The summed E-state index contributed by atoms with van der Waals surface area (Å²) in [6.07, 6.45) is 2.89. The number of piperidine rings is 1. The lowest BCUT2D eigenvalue weighted by Crippen LogP contribution is -2.52. The number of carbonyl (C=O) groups is 1. The number of benzene rings is 1. The van der Waals surface area contributed by atoms with Crippen LogP contribution in [0.3, 0.4) is 0 Å². The summed E-state index contributed by atoms with van der Waals surface area (Å²) in [7, 11) is 3.27. The molecule has 1 aromatic carbocycles. The Labute approximate surface area is 162 Å². The Morgan fingerprint density at radius 1 is 1.31 bits per heavy atom. The first kappa shape index (κ1) is 22.4. The van der Waals surface area contributed by atoms with Crippen molar-refractivity contribution in [2.45, 2.75) is 45.2 Å². The summed E-state index contributed by atoms with van der Waals surface area (Å²) in [6.45, 7) is 5.55. The number of likely N-dealkylation sites (tertiary alicyclic amines) is 1. The SMILES string of the molecule is CCC(C)C(N)C(=O)N1CCCC(Nc2cc(OC)cc(OC)c2)C1.Cl. The molecule has 1 amide bonds. The highest BCUT2D eigenvalue weighted by Gasteiger charge is 2.29. The van der Waals surface area contributed by atoms with E-state index in [2.05, 4.69) is 12.2 Å². The number of halogens is 1. The summed E-state index contributed by atoms with van der Waals surface area (Å²) in [5, 5.41) is 3.50. The minimum Gasteiger partial charge on any atom is -0.497 e. The van der Waals surface area contributed by atoms with Gasteiger partial charge in [0.2, 0.25) is 5.91 Å². The first-order valence-corrected chi connectivity index (χ1v) is 9.02. The van der Waals surface area contributed by atoms with Crippen LogP contribution >= 0.6 is 12.4 Å². The van der Waals surface area contributed by atoms with Gasteiger partial charge in [0.25, 0.3) is 0 Å². The Morgan fingerprint density at radius 2 is 1.92 bits per heavy atom. The highest BCUT2D eigenvalue weighted by atomic mass is 35.5. The van der Waals surface area contributed by atoms with Crippen molar-refractivity contribution in [1.82, 2.24) is 4.90 Å². The maximum absolute atomic E-state index is 12.6. The normalized spacial score (nSPS) is 19.1. The summed E-state index contributed by atoms with van der Waals surface area (Å²) in [5.41, 5.74) is 7.06. The predicted molar refractivity (Wildman–Crippen MR) is 107 cm³/mol. The number of rotatable bonds is 7. The Bertz CT molecular complexity index is 563. The van der Waals surface area contributed by atoms with Gasteiger partial charge < -0.3 is 25.4 Å². The Balaban J connectivity index is 0.00000338. The first-order valence-electron chi connectivity index (χ1n) is 9.02. The highest BCUT2D eigenvalue weighted by Crippen LogP contribution is 2.27. The number of nitrogens with two attached hydrogens (primary N) is 1. The zero-order valence-electron chi connectivity index (χ0n) is 16.2. The van der Waals surface area contributed by atoms with Crippen LogP contribution in [0.15, 0.2) is 18.2 Å². The Hall–Kier alpha value is -1.66. The molecule has 1 aliphatic rings. The predicted octanol–water partition coefficient (Wildman–Crippen LogP) is 2.90. The molecule has 0 spiro atoms. The summed E-state index contributed by atoms with van der Waals surface area (Å²) < 4.78 is 10.6. The molecule has 0 saturated carbocycles. The van der Waals surface area contributed by atoms with Crippen LogP contribution in [0.2, 0.25) is 0 Å². The second kappa shape index (κ2) is 10.5. The molecule has 0 bridgehead atoms. The fraction of sp³-hybridized carbons (Fsp3) is 0.632.